The predicted octanol–water partition coefficient (Wildman–Crippen LogP) is 1.35. The highest BCUT2D eigenvalue weighted by atomic mass is 16.4. The normalized spacial score (nSPS) is 14.2. The second-order valence-corrected chi connectivity index (χ2v) is 3.87. The number of nitrogens with zero attached hydrogens (tertiary/aromatic N) is 1. The van der Waals surface area contributed by atoms with Crippen molar-refractivity contribution in [3.8, 4) is 0 Å². The first kappa shape index (κ1) is 12.4. The molecule has 0 spiro atoms. The number of carboxylic acid groups (broad SMARTS) is 1. The Morgan fingerprint density at radius 1 is 1.56 bits per heavy atom. The summed E-state index contributed by atoms with van der Waals surface area (Å²) in [6.45, 7) is 3.64. The lowest BCUT2D eigenvalue weighted by molar-refractivity contribution is 0.0690. The lowest BCUT2D eigenvalue weighted by Gasteiger charge is -2.16. The van der Waals surface area contributed by atoms with Crippen molar-refractivity contribution < 1.29 is 15.0 Å². The van der Waals surface area contributed by atoms with Crippen LogP contribution in [-0.4, -0.2) is 33.3 Å². The first-order valence-corrected chi connectivity index (χ1v) is 5.13. The van der Waals surface area contributed by atoms with Crippen LogP contribution in [0.3, 0.4) is 0 Å². The summed E-state index contributed by atoms with van der Waals surface area (Å²) in [4.78, 5) is 14.4. The highest BCUT2D eigenvalue weighted by Gasteiger charge is 2.08. The van der Waals surface area contributed by atoms with Crippen molar-refractivity contribution in [2.75, 3.05) is 5.32 Å². The molecule has 5 heteroatoms. The number of aromatic carboxylic acids is 1. The first-order chi connectivity index (χ1) is 7.49. The summed E-state index contributed by atoms with van der Waals surface area (Å²) in [7, 11) is 0. The van der Waals surface area contributed by atoms with Gasteiger partial charge in [0, 0.05) is 17.9 Å². The minimum atomic E-state index is -1.05. The molecule has 0 fully saturated rings. The van der Waals surface area contributed by atoms with Gasteiger partial charge in [-0.15, -0.1) is 0 Å². The van der Waals surface area contributed by atoms with Gasteiger partial charge in [0.1, 0.15) is 5.69 Å². The van der Waals surface area contributed by atoms with Crippen LogP contribution in [-0.2, 0) is 0 Å². The maximum atomic E-state index is 10.7. The number of carboxylic acids is 1. The van der Waals surface area contributed by atoms with E-state index in [9.17, 15) is 9.90 Å². The van der Waals surface area contributed by atoms with Gasteiger partial charge in [-0.25, -0.2) is 9.78 Å². The van der Waals surface area contributed by atoms with Crippen LogP contribution in [0.25, 0.3) is 0 Å². The number of nitrogens with one attached hydrogen (secondary N) is 1. The van der Waals surface area contributed by atoms with Gasteiger partial charge in [0.2, 0.25) is 0 Å². The molecule has 1 aromatic rings. The van der Waals surface area contributed by atoms with E-state index in [-0.39, 0.29) is 17.8 Å². The molecule has 0 aromatic carbocycles. The molecule has 2 unspecified atom stereocenters. The molecule has 16 heavy (non-hydrogen) atoms. The summed E-state index contributed by atoms with van der Waals surface area (Å²) in [5.41, 5.74) is 0.704. The number of hydrogen-bond donors (Lipinski definition) is 3. The minimum absolute atomic E-state index is 0.00856. The van der Waals surface area contributed by atoms with E-state index in [1.807, 2.05) is 6.92 Å². The molecule has 0 bridgehead atoms. The molecule has 3 N–H and O–H groups in total. The number of carbonyl (C=O) groups is 1. The van der Waals surface area contributed by atoms with Crippen LogP contribution in [0, 0.1) is 0 Å². The van der Waals surface area contributed by atoms with Crippen molar-refractivity contribution in [2.24, 2.45) is 0 Å². The Hall–Kier alpha value is -1.62. The highest BCUT2D eigenvalue weighted by molar-refractivity contribution is 5.86. The molecule has 88 valence electrons. The van der Waals surface area contributed by atoms with E-state index < -0.39 is 5.97 Å². The molecule has 1 rings (SSSR count). The maximum absolute atomic E-state index is 10.7. The standard InChI is InChI=1S/C11H16N2O3/c1-7(5-8(2)14)13-9-3-4-12-10(6-9)11(15)16/h3-4,6-8,14H,5H2,1-2H3,(H,12,13)(H,15,16). The largest absolute Gasteiger partial charge is 0.477 e. The highest BCUT2D eigenvalue weighted by Crippen LogP contribution is 2.11. The summed E-state index contributed by atoms with van der Waals surface area (Å²) < 4.78 is 0. The van der Waals surface area contributed by atoms with E-state index in [1.165, 1.54) is 12.3 Å². The van der Waals surface area contributed by atoms with E-state index in [2.05, 4.69) is 10.3 Å². The molecule has 0 saturated heterocycles. The minimum Gasteiger partial charge on any atom is -0.477 e. The number of aromatic nitrogens is 1. The molecule has 0 saturated carbocycles. The molecule has 5 nitrogen and oxygen atoms in total. The second kappa shape index (κ2) is 5.46. The number of hydrogen-bond acceptors (Lipinski definition) is 4. The Morgan fingerprint density at radius 2 is 2.25 bits per heavy atom. The van der Waals surface area contributed by atoms with E-state index in [0.717, 1.165) is 0 Å². The summed E-state index contributed by atoms with van der Waals surface area (Å²) in [6.07, 6.45) is 1.66. The van der Waals surface area contributed by atoms with Crippen LogP contribution < -0.4 is 5.32 Å². The summed E-state index contributed by atoms with van der Waals surface area (Å²) in [5.74, 6) is -1.05. The molecular formula is C11H16N2O3. The quantitative estimate of drug-likeness (QED) is 0.703. The van der Waals surface area contributed by atoms with E-state index in [4.69, 9.17) is 5.11 Å². The Kier molecular flexibility index (Phi) is 4.25. The molecule has 0 amide bonds. The van der Waals surface area contributed by atoms with Crippen molar-refractivity contribution in [2.45, 2.75) is 32.4 Å². The van der Waals surface area contributed by atoms with Gasteiger partial charge in [0.15, 0.2) is 0 Å². The number of aliphatic hydroxyl groups is 1. The van der Waals surface area contributed by atoms with Gasteiger partial charge in [-0.05, 0) is 32.4 Å². The molecule has 1 aromatic heterocycles. The average Bonchev–Trinajstić information content (AvgIpc) is 2.16. The van der Waals surface area contributed by atoms with Gasteiger partial charge in [-0.2, -0.15) is 0 Å². The number of pyridine rings is 1. The zero-order valence-electron chi connectivity index (χ0n) is 9.34. The van der Waals surface area contributed by atoms with Gasteiger partial charge >= 0.3 is 5.97 Å². The lowest BCUT2D eigenvalue weighted by atomic mass is 10.1. The van der Waals surface area contributed by atoms with Crippen LogP contribution in [0.4, 0.5) is 5.69 Å². The Bertz CT molecular complexity index is 366. The fourth-order valence-electron chi connectivity index (χ4n) is 1.49. The molecule has 0 radical (unpaired) electrons. The van der Waals surface area contributed by atoms with E-state index in [1.54, 1.807) is 13.0 Å². The zero-order chi connectivity index (χ0) is 12.1. The van der Waals surface area contributed by atoms with E-state index in [0.29, 0.717) is 12.1 Å². The van der Waals surface area contributed by atoms with Crippen molar-refractivity contribution in [1.82, 2.24) is 4.98 Å². The van der Waals surface area contributed by atoms with Gasteiger partial charge in [0.25, 0.3) is 0 Å². The molecule has 0 aliphatic heterocycles. The monoisotopic (exact) mass is 224 g/mol. The number of rotatable bonds is 5. The molecule has 2 atom stereocenters. The molecule has 0 aliphatic rings. The third-order valence-electron chi connectivity index (χ3n) is 2.09. The van der Waals surface area contributed by atoms with Crippen molar-refractivity contribution >= 4 is 11.7 Å². The Balaban J connectivity index is 2.66. The van der Waals surface area contributed by atoms with Crippen molar-refractivity contribution in [3.05, 3.63) is 24.0 Å². The molecule has 1 heterocycles. The number of aliphatic hydroxyl groups excluding tert-OH is 1. The third-order valence-corrected chi connectivity index (χ3v) is 2.09. The summed E-state index contributed by atoms with van der Waals surface area (Å²) >= 11 is 0. The molecule has 0 aliphatic carbocycles. The van der Waals surface area contributed by atoms with Crippen LogP contribution in [0.15, 0.2) is 18.3 Å². The SMILES string of the molecule is CC(O)CC(C)Nc1ccnc(C(=O)O)c1. The van der Waals surface area contributed by atoms with Crippen molar-refractivity contribution in [1.29, 1.82) is 0 Å². The number of anilines is 1. The van der Waals surface area contributed by atoms with Crippen LogP contribution in [0.5, 0.6) is 0 Å². The second-order valence-electron chi connectivity index (χ2n) is 3.87. The maximum Gasteiger partial charge on any atom is 0.354 e. The van der Waals surface area contributed by atoms with Gasteiger partial charge in [-0.3, -0.25) is 0 Å². The van der Waals surface area contributed by atoms with E-state index >= 15 is 0 Å². The smallest absolute Gasteiger partial charge is 0.354 e. The first-order valence-electron chi connectivity index (χ1n) is 5.13. The Labute approximate surface area is 94.1 Å². The van der Waals surface area contributed by atoms with Crippen LogP contribution in [0.2, 0.25) is 0 Å². The van der Waals surface area contributed by atoms with Gasteiger partial charge in [0.05, 0.1) is 6.10 Å². The predicted molar refractivity (Wildman–Crippen MR) is 60.6 cm³/mol. The fourth-order valence-corrected chi connectivity index (χ4v) is 1.49. The summed E-state index contributed by atoms with van der Waals surface area (Å²) in [5, 5.41) is 21.1. The van der Waals surface area contributed by atoms with Gasteiger partial charge in [-0.1, -0.05) is 0 Å². The lowest BCUT2D eigenvalue weighted by Crippen LogP contribution is -2.20. The fraction of sp³-hybridized carbons (Fsp3) is 0.455. The summed E-state index contributed by atoms with van der Waals surface area (Å²) in [6, 6.07) is 3.25. The van der Waals surface area contributed by atoms with Crippen molar-refractivity contribution in [3.63, 3.8) is 0 Å². The third kappa shape index (κ3) is 3.86. The zero-order valence-corrected chi connectivity index (χ0v) is 9.34. The topological polar surface area (TPSA) is 82.5 Å². The Morgan fingerprint density at radius 3 is 2.81 bits per heavy atom. The van der Waals surface area contributed by atoms with Crippen LogP contribution in [0.1, 0.15) is 30.8 Å². The van der Waals surface area contributed by atoms with Gasteiger partial charge < -0.3 is 15.5 Å². The molecular weight excluding hydrogens is 208 g/mol. The van der Waals surface area contributed by atoms with Crippen LogP contribution >= 0.6 is 0 Å². The average molecular weight is 224 g/mol.